The summed E-state index contributed by atoms with van der Waals surface area (Å²) in [6.45, 7) is 20.0. The lowest BCUT2D eigenvalue weighted by Gasteiger charge is -2.35. The monoisotopic (exact) mass is 505 g/mol. The Hall–Kier alpha value is -2.87. The van der Waals surface area contributed by atoms with Gasteiger partial charge < -0.3 is 29.8 Å². The van der Waals surface area contributed by atoms with Crippen LogP contribution in [0.3, 0.4) is 0 Å². The molecule has 37 heavy (non-hydrogen) atoms. The van der Waals surface area contributed by atoms with Crippen LogP contribution in [0.15, 0.2) is 36.4 Å². The highest BCUT2D eigenvalue weighted by atomic mass is 16.5. The van der Waals surface area contributed by atoms with Gasteiger partial charge in [0.1, 0.15) is 12.4 Å². The van der Waals surface area contributed by atoms with Crippen LogP contribution < -0.4 is 10.2 Å². The smallest absolute Gasteiger partial charge is 0.195 e. The molecule has 0 saturated carbocycles. The van der Waals surface area contributed by atoms with Crippen LogP contribution in [0.1, 0.15) is 68.7 Å². The van der Waals surface area contributed by atoms with Crippen LogP contribution in [0.4, 0.5) is 5.69 Å². The van der Waals surface area contributed by atoms with Crippen LogP contribution in [0.25, 0.3) is 10.9 Å². The molecule has 0 radical (unpaired) electrons. The van der Waals surface area contributed by atoms with Crippen molar-refractivity contribution in [3.63, 3.8) is 0 Å². The first-order chi connectivity index (χ1) is 17.8. The number of carbonyl (C=O) groups is 1. The number of aromatic nitrogens is 1. The molecule has 1 aliphatic rings. The highest BCUT2D eigenvalue weighted by Gasteiger charge is 2.41. The van der Waals surface area contributed by atoms with Gasteiger partial charge in [-0.05, 0) is 62.1 Å². The van der Waals surface area contributed by atoms with E-state index < -0.39 is 5.41 Å². The van der Waals surface area contributed by atoms with Crippen molar-refractivity contribution < 1.29 is 9.53 Å². The van der Waals surface area contributed by atoms with Crippen molar-refractivity contribution in [2.45, 2.75) is 53.5 Å². The predicted octanol–water partition coefficient (Wildman–Crippen LogP) is 5.48. The van der Waals surface area contributed by atoms with Gasteiger partial charge in [-0.15, -0.1) is 0 Å². The summed E-state index contributed by atoms with van der Waals surface area (Å²) in [6.07, 6.45) is 0. The molecule has 0 bridgehead atoms. The Balaban J connectivity index is 1.79. The molecule has 0 spiro atoms. The molecule has 1 aromatic heterocycles. The summed E-state index contributed by atoms with van der Waals surface area (Å²) in [5, 5.41) is 12.4. The number of ether oxygens (including phenoxy) is 1. The van der Waals surface area contributed by atoms with Gasteiger partial charge in [-0.25, -0.2) is 0 Å². The largest absolute Gasteiger partial charge is 0.761 e. The number of nitrogens with one attached hydrogen (secondary N) is 1. The summed E-state index contributed by atoms with van der Waals surface area (Å²) in [5.41, 5.74) is 6.49. The minimum Gasteiger partial charge on any atom is -0.761 e. The Morgan fingerprint density at radius 3 is 2.27 bits per heavy atom. The number of anilines is 1. The molecule has 0 unspecified atom stereocenters. The first-order valence-electron chi connectivity index (χ1n) is 13.6. The van der Waals surface area contributed by atoms with Crippen LogP contribution in [-0.4, -0.2) is 66.0 Å². The summed E-state index contributed by atoms with van der Waals surface area (Å²) in [7, 11) is 0. The molecule has 0 aliphatic heterocycles. The zero-order chi connectivity index (χ0) is 26.7. The molecule has 0 fully saturated rings. The number of ketones is 1. The minimum atomic E-state index is -0.426. The van der Waals surface area contributed by atoms with E-state index in [-0.39, 0.29) is 5.78 Å². The van der Waals surface area contributed by atoms with E-state index in [0.29, 0.717) is 12.3 Å². The summed E-state index contributed by atoms with van der Waals surface area (Å²) >= 11 is 0. The highest BCUT2D eigenvalue weighted by Crippen LogP contribution is 2.46. The fourth-order valence-electron chi connectivity index (χ4n) is 5.73. The summed E-state index contributed by atoms with van der Waals surface area (Å²) in [5.74, 6) is 0.826. The maximum absolute atomic E-state index is 14.0. The van der Waals surface area contributed by atoms with Crippen LogP contribution in [-0.2, 0) is 12.0 Å². The number of hydrogen-bond acceptors (Lipinski definition) is 6. The van der Waals surface area contributed by atoms with Crippen molar-refractivity contribution in [3.05, 3.63) is 64.0 Å². The van der Waals surface area contributed by atoms with Gasteiger partial charge in [-0.1, -0.05) is 47.6 Å². The first-order valence-corrected chi connectivity index (χ1v) is 13.6. The molecular weight excluding hydrogens is 464 g/mol. The lowest BCUT2D eigenvalue weighted by atomic mass is 9.71. The summed E-state index contributed by atoms with van der Waals surface area (Å²) in [6, 6.07) is 11.4. The van der Waals surface area contributed by atoms with Gasteiger partial charge in [-0.3, -0.25) is 4.79 Å². The number of nitrogens with zero attached hydrogens (tertiary/aromatic N) is 3. The molecule has 200 valence electrons. The zero-order valence-electron chi connectivity index (χ0n) is 23.2. The van der Waals surface area contributed by atoms with E-state index in [1.807, 2.05) is 29.7 Å². The number of likely N-dealkylation sites (N-methyl/N-ethyl adjacent to an activating group) is 2. The minimum absolute atomic E-state index is 0.0356. The van der Waals surface area contributed by atoms with Gasteiger partial charge in [0.15, 0.2) is 5.78 Å². The molecule has 0 atom stereocenters. The third-order valence-corrected chi connectivity index (χ3v) is 8.02. The van der Waals surface area contributed by atoms with Crippen LogP contribution in [0.2, 0.25) is 0 Å². The fourth-order valence-corrected chi connectivity index (χ4v) is 5.73. The van der Waals surface area contributed by atoms with Gasteiger partial charge >= 0.3 is 0 Å². The van der Waals surface area contributed by atoms with E-state index in [0.717, 1.165) is 84.9 Å². The third-order valence-electron chi connectivity index (χ3n) is 8.02. The quantitative estimate of drug-likeness (QED) is 0.329. The van der Waals surface area contributed by atoms with Crippen molar-refractivity contribution in [1.82, 2.24) is 14.4 Å². The van der Waals surface area contributed by atoms with Crippen LogP contribution in [0, 0.1) is 5.21 Å². The Morgan fingerprint density at radius 1 is 0.946 bits per heavy atom. The third kappa shape index (κ3) is 5.00. The SMILES string of the molecule is CCN(CC)CCOc1ccc2c(c1)C(C)(C)c1c(c3ccc(N[O-])cc3n1CCN(CC)CC)C2=O. The molecule has 0 amide bonds. The second kappa shape index (κ2) is 11.3. The van der Waals surface area contributed by atoms with Gasteiger partial charge in [0.2, 0.25) is 0 Å². The molecule has 1 N–H and O–H groups in total. The maximum atomic E-state index is 14.0. The van der Waals surface area contributed by atoms with Crippen molar-refractivity contribution >= 4 is 22.4 Å². The molecular formula is C30H41N4O3-. The van der Waals surface area contributed by atoms with E-state index in [4.69, 9.17) is 4.74 Å². The van der Waals surface area contributed by atoms with Crippen molar-refractivity contribution in [3.8, 4) is 5.75 Å². The van der Waals surface area contributed by atoms with Crippen molar-refractivity contribution in [2.75, 3.05) is 51.4 Å². The summed E-state index contributed by atoms with van der Waals surface area (Å²) in [4.78, 5) is 18.7. The lowest BCUT2D eigenvalue weighted by Crippen LogP contribution is -2.34. The predicted molar refractivity (Wildman–Crippen MR) is 152 cm³/mol. The normalized spacial score (nSPS) is 14.4. The standard InChI is InChI=1S/C30H41N4O3/c1-7-32(8-2)15-16-34-26-19-21(31-36)11-13-24(26)27-28(35)23-14-12-22(37-18-17-33(9-3)10-4)20-25(23)30(5,6)29(27)34/h11-14,19-20,31H,7-10,15-18H2,1-6H3/q-1. The zero-order valence-corrected chi connectivity index (χ0v) is 23.2. The summed E-state index contributed by atoms with van der Waals surface area (Å²) < 4.78 is 8.40. The molecule has 4 rings (SSSR count). The van der Waals surface area contributed by atoms with Crippen molar-refractivity contribution in [1.29, 1.82) is 0 Å². The second-order valence-electron chi connectivity index (χ2n) is 10.3. The van der Waals surface area contributed by atoms with Crippen LogP contribution >= 0.6 is 0 Å². The van der Waals surface area contributed by atoms with Gasteiger partial charge in [0, 0.05) is 47.4 Å². The highest BCUT2D eigenvalue weighted by molar-refractivity contribution is 6.20. The van der Waals surface area contributed by atoms with E-state index in [1.165, 1.54) is 0 Å². The Kier molecular flexibility index (Phi) is 8.26. The van der Waals surface area contributed by atoms with E-state index >= 15 is 0 Å². The topological polar surface area (TPSA) is 72.8 Å². The molecule has 1 heterocycles. The molecule has 3 aromatic rings. The number of fused-ring (bicyclic) bond motifs is 4. The average Bonchev–Trinajstić information content (AvgIpc) is 3.25. The average molecular weight is 506 g/mol. The maximum Gasteiger partial charge on any atom is 0.195 e. The second-order valence-corrected chi connectivity index (χ2v) is 10.3. The number of carbonyl (C=O) groups excluding carboxylic acids is 1. The van der Waals surface area contributed by atoms with Crippen molar-refractivity contribution in [2.24, 2.45) is 0 Å². The molecule has 7 heteroatoms. The fraction of sp³-hybridized carbons (Fsp3) is 0.500. The first kappa shape index (κ1) is 27.2. The van der Waals surface area contributed by atoms with Crippen LogP contribution in [0.5, 0.6) is 5.75 Å². The molecule has 0 saturated heterocycles. The van der Waals surface area contributed by atoms with Gasteiger partial charge in [0.05, 0.1) is 11.1 Å². The Morgan fingerprint density at radius 2 is 1.62 bits per heavy atom. The number of benzene rings is 2. The number of rotatable bonds is 12. The van der Waals surface area contributed by atoms with Gasteiger partial charge in [-0.2, -0.15) is 0 Å². The van der Waals surface area contributed by atoms with E-state index in [9.17, 15) is 10.0 Å². The van der Waals surface area contributed by atoms with Gasteiger partial charge in [0.25, 0.3) is 0 Å². The molecule has 2 aromatic carbocycles. The Bertz CT molecular complexity index is 1260. The van der Waals surface area contributed by atoms with E-state index in [1.54, 1.807) is 6.07 Å². The van der Waals surface area contributed by atoms with E-state index in [2.05, 4.69) is 62.0 Å². The lowest BCUT2D eigenvalue weighted by molar-refractivity contribution is 0.103. The Labute approximate surface area is 221 Å². The molecule has 7 nitrogen and oxygen atoms in total. The molecule has 1 aliphatic carbocycles. The number of hydrogen-bond donors (Lipinski definition) is 1.